The van der Waals surface area contributed by atoms with Gasteiger partial charge in [-0.25, -0.2) is 4.99 Å². The monoisotopic (exact) mass is 424 g/mol. The maximum atomic E-state index is 13.3. The maximum Gasteiger partial charge on any atom is 0.283 e. The minimum Gasteiger partial charge on any atom is -0.497 e. The molecule has 5 nitrogen and oxygen atoms in total. The Kier molecular flexibility index (Phi) is 7.71. The Balaban J connectivity index is 1.88. The molecule has 6 heteroatoms. The summed E-state index contributed by atoms with van der Waals surface area (Å²) in [7, 11) is 1.63. The van der Waals surface area contributed by atoms with E-state index < -0.39 is 0 Å². The van der Waals surface area contributed by atoms with Crippen molar-refractivity contribution in [1.82, 2.24) is 0 Å². The van der Waals surface area contributed by atoms with Crippen LogP contribution in [0.2, 0.25) is 0 Å². The molecule has 0 fully saturated rings. The van der Waals surface area contributed by atoms with Gasteiger partial charge in [-0.2, -0.15) is 0 Å². The van der Waals surface area contributed by atoms with Crippen LogP contribution in [0.4, 0.5) is 5.69 Å². The van der Waals surface area contributed by atoms with Gasteiger partial charge in [-0.05, 0) is 73.7 Å². The zero-order chi connectivity index (χ0) is 21.5. The number of rotatable bonds is 8. The molecular formula is C24H28N2O3S. The van der Waals surface area contributed by atoms with E-state index in [0.717, 1.165) is 53.1 Å². The maximum absolute atomic E-state index is 13.3. The largest absolute Gasteiger partial charge is 0.497 e. The van der Waals surface area contributed by atoms with Crippen LogP contribution in [0.5, 0.6) is 5.75 Å². The SMILES string of the molecule is COc1ccc(/C=C2\N=C(SCCCCCO)N(c3cc(C)cc(C)c3)C2=O)cc1. The highest BCUT2D eigenvalue weighted by molar-refractivity contribution is 8.14. The van der Waals surface area contributed by atoms with Gasteiger partial charge in [-0.3, -0.25) is 9.69 Å². The molecule has 0 spiro atoms. The van der Waals surface area contributed by atoms with Crippen molar-refractivity contribution < 1.29 is 14.6 Å². The second-order valence-corrected chi connectivity index (χ2v) is 8.38. The average molecular weight is 425 g/mol. The summed E-state index contributed by atoms with van der Waals surface area (Å²) >= 11 is 1.59. The molecular weight excluding hydrogens is 396 g/mol. The number of hydrogen-bond donors (Lipinski definition) is 1. The first-order chi connectivity index (χ1) is 14.5. The molecule has 1 heterocycles. The molecule has 0 bridgehead atoms. The van der Waals surface area contributed by atoms with Crippen molar-refractivity contribution in [3.05, 3.63) is 64.9 Å². The Bertz CT molecular complexity index is 931. The molecule has 2 aromatic rings. The molecule has 1 N–H and O–H groups in total. The van der Waals surface area contributed by atoms with Crippen LogP contribution in [0.15, 0.2) is 53.2 Å². The number of carbonyl (C=O) groups excluding carboxylic acids is 1. The summed E-state index contributed by atoms with van der Waals surface area (Å²) in [5, 5.41) is 9.67. The van der Waals surface area contributed by atoms with Gasteiger partial charge in [-0.1, -0.05) is 36.4 Å². The van der Waals surface area contributed by atoms with Crippen LogP contribution < -0.4 is 9.64 Å². The van der Waals surface area contributed by atoms with E-state index in [2.05, 4.69) is 11.1 Å². The lowest BCUT2D eigenvalue weighted by Crippen LogP contribution is -2.30. The van der Waals surface area contributed by atoms with E-state index in [-0.39, 0.29) is 12.5 Å². The number of aliphatic imine (C=N–C) groups is 1. The van der Waals surface area contributed by atoms with Crippen LogP contribution >= 0.6 is 11.8 Å². The third-order valence-corrected chi connectivity index (χ3v) is 5.77. The summed E-state index contributed by atoms with van der Waals surface area (Å²) in [6.45, 7) is 4.28. The quantitative estimate of drug-likeness (QED) is 0.481. The lowest BCUT2D eigenvalue weighted by molar-refractivity contribution is -0.113. The zero-order valence-electron chi connectivity index (χ0n) is 17.7. The Morgan fingerprint density at radius 1 is 1.07 bits per heavy atom. The second-order valence-electron chi connectivity index (χ2n) is 7.32. The van der Waals surface area contributed by atoms with Gasteiger partial charge < -0.3 is 9.84 Å². The zero-order valence-corrected chi connectivity index (χ0v) is 18.5. The van der Waals surface area contributed by atoms with Crippen molar-refractivity contribution in [2.75, 3.05) is 24.4 Å². The molecule has 0 saturated carbocycles. The van der Waals surface area contributed by atoms with Gasteiger partial charge >= 0.3 is 0 Å². The van der Waals surface area contributed by atoms with Gasteiger partial charge in [-0.15, -0.1) is 0 Å². The summed E-state index contributed by atoms with van der Waals surface area (Å²) in [6.07, 6.45) is 4.55. The first-order valence-electron chi connectivity index (χ1n) is 10.1. The Labute approximate surface area is 182 Å². The molecule has 0 saturated heterocycles. The highest BCUT2D eigenvalue weighted by Crippen LogP contribution is 2.31. The third kappa shape index (κ3) is 5.52. The van der Waals surface area contributed by atoms with Crippen LogP contribution in [-0.2, 0) is 4.79 Å². The van der Waals surface area contributed by atoms with E-state index in [0.29, 0.717) is 10.9 Å². The fourth-order valence-electron chi connectivity index (χ4n) is 3.31. The molecule has 1 aliphatic rings. The first-order valence-corrected chi connectivity index (χ1v) is 11.1. The third-order valence-electron chi connectivity index (χ3n) is 4.75. The van der Waals surface area contributed by atoms with Crippen molar-refractivity contribution in [1.29, 1.82) is 0 Å². The van der Waals surface area contributed by atoms with E-state index in [9.17, 15) is 4.79 Å². The second kappa shape index (κ2) is 10.5. The number of aliphatic hydroxyl groups excluding tert-OH is 1. The number of amides is 1. The molecule has 1 aliphatic heterocycles. The molecule has 0 radical (unpaired) electrons. The molecule has 2 aromatic carbocycles. The van der Waals surface area contributed by atoms with Crippen LogP contribution in [0, 0.1) is 13.8 Å². The first kappa shape index (κ1) is 22.1. The number of amidine groups is 1. The number of carbonyl (C=O) groups is 1. The predicted octanol–water partition coefficient (Wildman–Crippen LogP) is 4.95. The van der Waals surface area contributed by atoms with Gasteiger partial charge in [0.1, 0.15) is 11.4 Å². The summed E-state index contributed by atoms with van der Waals surface area (Å²) in [4.78, 5) is 19.7. The normalized spacial score (nSPS) is 15.1. The number of ether oxygens (including phenoxy) is 1. The summed E-state index contributed by atoms with van der Waals surface area (Å²) in [5.41, 5.74) is 4.39. The minimum atomic E-state index is -0.117. The minimum absolute atomic E-state index is 0.117. The van der Waals surface area contributed by atoms with Gasteiger partial charge in [0.2, 0.25) is 0 Å². The Morgan fingerprint density at radius 2 is 1.77 bits per heavy atom. The molecule has 0 aliphatic carbocycles. The Hall–Kier alpha value is -2.57. The summed E-state index contributed by atoms with van der Waals surface area (Å²) in [5.74, 6) is 1.51. The van der Waals surface area contributed by atoms with E-state index in [1.54, 1.807) is 23.8 Å². The molecule has 0 atom stereocenters. The van der Waals surface area contributed by atoms with Crippen LogP contribution in [0.25, 0.3) is 6.08 Å². The van der Waals surface area contributed by atoms with Crippen LogP contribution in [-0.4, -0.2) is 35.7 Å². The number of hydrogen-bond acceptors (Lipinski definition) is 5. The van der Waals surface area contributed by atoms with Crippen LogP contribution in [0.1, 0.15) is 36.0 Å². The van der Waals surface area contributed by atoms with Gasteiger partial charge in [0, 0.05) is 12.4 Å². The number of nitrogens with zero attached hydrogens (tertiary/aromatic N) is 2. The fraction of sp³-hybridized carbons (Fsp3) is 0.333. The Morgan fingerprint density at radius 3 is 2.40 bits per heavy atom. The number of thioether (sulfide) groups is 1. The molecule has 0 unspecified atom stereocenters. The lowest BCUT2D eigenvalue weighted by atomic mass is 10.1. The van der Waals surface area contributed by atoms with Gasteiger partial charge in [0.15, 0.2) is 5.17 Å². The predicted molar refractivity (Wildman–Crippen MR) is 125 cm³/mol. The van der Waals surface area contributed by atoms with E-state index >= 15 is 0 Å². The standard InChI is InChI=1S/C24H28N2O3S/c1-17-13-18(2)15-20(14-17)26-23(28)22(16-19-7-9-21(29-3)10-8-19)25-24(26)30-12-6-4-5-11-27/h7-10,13-16,27H,4-6,11-12H2,1-3H3/b22-16-. The van der Waals surface area contributed by atoms with Gasteiger partial charge in [0.25, 0.3) is 5.91 Å². The summed E-state index contributed by atoms with van der Waals surface area (Å²) in [6, 6.07) is 13.7. The highest BCUT2D eigenvalue weighted by Gasteiger charge is 2.32. The van der Waals surface area contributed by atoms with Crippen molar-refractivity contribution in [2.45, 2.75) is 33.1 Å². The highest BCUT2D eigenvalue weighted by atomic mass is 32.2. The van der Waals surface area contributed by atoms with Crippen LogP contribution in [0.3, 0.4) is 0 Å². The fourth-order valence-corrected chi connectivity index (χ4v) is 4.32. The van der Waals surface area contributed by atoms with Crippen molar-refractivity contribution in [3.8, 4) is 5.75 Å². The van der Waals surface area contributed by atoms with Gasteiger partial charge in [0.05, 0.1) is 12.8 Å². The number of anilines is 1. The number of aliphatic hydroxyl groups is 1. The number of unbranched alkanes of at least 4 members (excludes halogenated alkanes) is 2. The molecule has 1 amide bonds. The summed E-state index contributed by atoms with van der Waals surface area (Å²) < 4.78 is 5.20. The number of benzene rings is 2. The van der Waals surface area contributed by atoms with E-state index in [1.165, 1.54) is 0 Å². The molecule has 0 aromatic heterocycles. The van der Waals surface area contributed by atoms with E-state index in [4.69, 9.17) is 9.84 Å². The van der Waals surface area contributed by atoms with Crippen molar-refractivity contribution >= 4 is 34.6 Å². The molecule has 158 valence electrons. The van der Waals surface area contributed by atoms with E-state index in [1.807, 2.05) is 56.3 Å². The van der Waals surface area contributed by atoms with Crippen molar-refractivity contribution in [2.24, 2.45) is 4.99 Å². The average Bonchev–Trinajstić information content (AvgIpc) is 3.03. The number of methoxy groups -OCH3 is 1. The smallest absolute Gasteiger partial charge is 0.283 e. The van der Waals surface area contributed by atoms with Crippen molar-refractivity contribution in [3.63, 3.8) is 0 Å². The molecule has 30 heavy (non-hydrogen) atoms. The number of aryl methyl sites for hydroxylation is 2. The molecule has 3 rings (SSSR count). The lowest BCUT2D eigenvalue weighted by Gasteiger charge is -2.19. The topological polar surface area (TPSA) is 62.1 Å².